The van der Waals surface area contributed by atoms with E-state index >= 15 is 0 Å². The molecule has 0 amide bonds. The highest BCUT2D eigenvalue weighted by molar-refractivity contribution is 7.87. The lowest BCUT2D eigenvalue weighted by atomic mass is 9.50. The van der Waals surface area contributed by atoms with Gasteiger partial charge in [0.1, 0.15) is 5.60 Å². The predicted molar refractivity (Wildman–Crippen MR) is 77.1 cm³/mol. The van der Waals surface area contributed by atoms with Crippen LogP contribution in [0.15, 0.2) is 0 Å². The molecule has 4 bridgehead atoms. The van der Waals surface area contributed by atoms with Gasteiger partial charge in [0, 0.05) is 0 Å². The molecule has 0 N–H and O–H groups in total. The van der Waals surface area contributed by atoms with Crippen LogP contribution in [0.1, 0.15) is 39.0 Å². The van der Waals surface area contributed by atoms with E-state index in [1.54, 1.807) is 0 Å². The molecule has 0 heterocycles. The van der Waals surface area contributed by atoms with Crippen molar-refractivity contribution in [3.8, 4) is 0 Å². The molecule has 0 aromatic rings. The number of hydrogen-bond acceptors (Lipinski definition) is 7. The second-order valence-electron chi connectivity index (χ2n) is 7.51. The van der Waals surface area contributed by atoms with Gasteiger partial charge in [0.05, 0.1) is 0 Å². The molecule has 7 nitrogen and oxygen atoms in total. The molecule has 0 saturated heterocycles. The van der Waals surface area contributed by atoms with Gasteiger partial charge in [-0.2, -0.15) is 8.78 Å². The van der Waals surface area contributed by atoms with Crippen molar-refractivity contribution in [2.24, 2.45) is 23.7 Å². The summed E-state index contributed by atoms with van der Waals surface area (Å²) in [5, 5.41) is -5.24. The number of alkyl halides is 2. The summed E-state index contributed by atoms with van der Waals surface area (Å²) in [7, 11) is -6.21. The Labute approximate surface area is 143 Å². The molecule has 4 fully saturated rings. The largest absolute Gasteiger partial charge is 0.743 e. The Morgan fingerprint density at radius 3 is 2.04 bits per heavy atom. The average Bonchev–Trinajstić information content (AvgIpc) is 2.48. The van der Waals surface area contributed by atoms with Crippen LogP contribution in [-0.2, 0) is 29.2 Å². The minimum absolute atomic E-state index is 0.187. The van der Waals surface area contributed by atoms with Crippen molar-refractivity contribution in [1.29, 1.82) is 0 Å². The third-order valence-electron chi connectivity index (χ3n) is 5.97. The van der Waals surface area contributed by atoms with Gasteiger partial charge < -0.3 is 14.0 Å². The van der Waals surface area contributed by atoms with Crippen molar-refractivity contribution in [3.63, 3.8) is 0 Å². The Bertz CT molecular complexity index is 660. The zero-order chi connectivity index (χ0) is 18.6. The highest BCUT2D eigenvalue weighted by Gasteiger charge is 2.57. The van der Waals surface area contributed by atoms with Crippen LogP contribution in [-0.4, -0.2) is 42.4 Å². The zero-order valence-corrected chi connectivity index (χ0v) is 14.4. The number of hydrogen-bond donors (Lipinski definition) is 0. The number of esters is 2. The Kier molecular flexibility index (Phi) is 4.34. The fraction of sp³-hybridized carbons (Fsp3) is 0.867. The number of carbonyl (C=O) groups is 2. The second kappa shape index (κ2) is 5.87. The van der Waals surface area contributed by atoms with Crippen LogP contribution in [0.25, 0.3) is 0 Å². The number of rotatable bonds is 5. The lowest BCUT2D eigenvalue weighted by Crippen LogP contribution is -2.58. The van der Waals surface area contributed by atoms with E-state index in [4.69, 9.17) is 4.74 Å². The Morgan fingerprint density at radius 2 is 1.60 bits per heavy atom. The van der Waals surface area contributed by atoms with Crippen LogP contribution in [0.4, 0.5) is 8.78 Å². The summed E-state index contributed by atoms with van der Waals surface area (Å²) < 4.78 is 66.6. The molecule has 0 atom stereocenters. The third kappa shape index (κ3) is 3.14. The van der Waals surface area contributed by atoms with Crippen LogP contribution in [0.5, 0.6) is 0 Å². The van der Waals surface area contributed by atoms with Crippen LogP contribution >= 0.6 is 0 Å². The fourth-order valence-electron chi connectivity index (χ4n) is 4.87. The Hall–Kier alpha value is -1.29. The van der Waals surface area contributed by atoms with E-state index in [9.17, 15) is 31.3 Å². The van der Waals surface area contributed by atoms with E-state index in [0.29, 0.717) is 11.8 Å². The normalized spacial score (nSPS) is 37.0. The summed E-state index contributed by atoms with van der Waals surface area (Å²) in [6.45, 7) is 0.655. The van der Waals surface area contributed by atoms with Crippen molar-refractivity contribution < 1.29 is 40.8 Å². The van der Waals surface area contributed by atoms with Gasteiger partial charge in [-0.15, -0.1) is 0 Å². The molecule has 4 saturated carbocycles. The molecule has 4 aliphatic carbocycles. The molecule has 0 aromatic carbocycles. The van der Waals surface area contributed by atoms with Gasteiger partial charge in [-0.1, -0.05) is 0 Å². The maximum atomic E-state index is 13.0. The molecule has 0 spiro atoms. The van der Waals surface area contributed by atoms with Gasteiger partial charge >= 0.3 is 17.2 Å². The quantitative estimate of drug-likeness (QED) is 0.523. The summed E-state index contributed by atoms with van der Waals surface area (Å²) in [4.78, 5) is 23.0. The lowest BCUT2D eigenvalue weighted by Gasteiger charge is -2.59. The monoisotopic (exact) mass is 381 g/mol. The third-order valence-corrected chi connectivity index (χ3v) is 6.76. The highest BCUT2D eigenvalue weighted by Crippen LogP contribution is 2.59. The van der Waals surface area contributed by atoms with Crippen molar-refractivity contribution in [2.45, 2.75) is 49.9 Å². The predicted octanol–water partition coefficient (Wildman–Crippen LogP) is 1.43. The summed E-state index contributed by atoms with van der Waals surface area (Å²) >= 11 is 0. The molecule has 4 rings (SSSR count). The summed E-state index contributed by atoms with van der Waals surface area (Å²) in [5.41, 5.74) is -0.732. The summed E-state index contributed by atoms with van der Waals surface area (Å²) in [5.74, 6) is -1.96. The first-order valence-corrected chi connectivity index (χ1v) is 9.56. The molecule has 0 radical (unpaired) electrons. The van der Waals surface area contributed by atoms with Crippen molar-refractivity contribution in [3.05, 3.63) is 0 Å². The smallest absolute Gasteiger partial charge is 0.428 e. The lowest BCUT2D eigenvalue weighted by molar-refractivity contribution is -0.208. The van der Waals surface area contributed by atoms with Crippen molar-refractivity contribution >= 4 is 22.1 Å². The number of ether oxygens (including phenoxy) is 2. The molecule has 10 heteroatoms. The molecule has 0 unspecified atom stereocenters. The summed E-state index contributed by atoms with van der Waals surface area (Å²) in [6.07, 6.45) is 4.99. The van der Waals surface area contributed by atoms with Gasteiger partial charge in [-0.25, -0.2) is 18.0 Å². The molecular weight excluding hydrogens is 362 g/mol. The summed E-state index contributed by atoms with van der Waals surface area (Å²) in [6, 6.07) is 0. The number of halogens is 2. The first kappa shape index (κ1) is 18.5. The maximum Gasteiger partial charge on any atom is 0.428 e. The number of carbonyl (C=O) groups excluding carboxylic acids is 2. The first-order chi connectivity index (χ1) is 11.4. The van der Waals surface area contributed by atoms with Crippen molar-refractivity contribution in [1.82, 2.24) is 0 Å². The fourth-order valence-corrected chi connectivity index (χ4v) is 5.14. The van der Waals surface area contributed by atoms with Gasteiger partial charge in [-0.05, 0) is 62.7 Å². The minimum atomic E-state index is -6.21. The average molecular weight is 381 g/mol. The van der Waals surface area contributed by atoms with E-state index in [1.807, 2.05) is 6.92 Å². The van der Waals surface area contributed by atoms with Crippen LogP contribution in [0, 0.1) is 23.7 Å². The standard InChI is InChI=1S/C15H20F2O7S/c1-14(10-3-8-2-9(5-10)6-11(14)4-8)24-12(18)7-23-13(19)15(16,17)25(20,21)22/h8-11H,2-7H2,1H3,(H,20,21,22)/p-1. The maximum absolute atomic E-state index is 13.0. The van der Waals surface area contributed by atoms with Gasteiger partial charge in [0.2, 0.25) is 0 Å². The first-order valence-electron chi connectivity index (χ1n) is 8.15. The van der Waals surface area contributed by atoms with E-state index in [-0.39, 0.29) is 11.8 Å². The zero-order valence-electron chi connectivity index (χ0n) is 13.6. The van der Waals surface area contributed by atoms with Crippen LogP contribution in [0.3, 0.4) is 0 Å². The molecule has 0 aliphatic heterocycles. The van der Waals surface area contributed by atoms with Crippen LogP contribution < -0.4 is 0 Å². The Morgan fingerprint density at radius 1 is 1.12 bits per heavy atom. The molecular formula is C15H19F2O7S-. The van der Waals surface area contributed by atoms with Gasteiger partial charge in [-0.3, -0.25) is 0 Å². The van der Waals surface area contributed by atoms with E-state index in [0.717, 1.165) is 25.7 Å². The topological polar surface area (TPSA) is 110 Å². The van der Waals surface area contributed by atoms with E-state index < -0.39 is 39.5 Å². The van der Waals surface area contributed by atoms with Gasteiger partial charge in [0.15, 0.2) is 16.7 Å². The van der Waals surface area contributed by atoms with E-state index in [1.165, 1.54) is 6.42 Å². The highest BCUT2D eigenvalue weighted by atomic mass is 32.2. The molecule has 4 aliphatic rings. The van der Waals surface area contributed by atoms with Crippen molar-refractivity contribution in [2.75, 3.05) is 6.61 Å². The van der Waals surface area contributed by atoms with E-state index in [2.05, 4.69) is 4.74 Å². The van der Waals surface area contributed by atoms with Gasteiger partial charge in [0.25, 0.3) is 0 Å². The Balaban J connectivity index is 1.59. The SMILES string of the molecule is CC1(OC(=O)COC(=O)C(F)(F)S(=O)(=O)[O-])C2CC3CC(C2)CC1C3. The minimum Gasteiger partial charge on any atom is -0.743 e. The second-order valence-corrected chi connectivity index (χ2v) is 8.93. The molecule has 25 heavy (non-hydrogen) atoms. The van der Waals surface area contributed by atoms with Crippen LogP contribution in [0.2, 0.25) is 0 Å². The molecule has 142 valence electrons. The molecule has 0 aromatic heterocycles.